The molecule has 2 amide bonds. The average Bonchev–Trinajstić information content (AvgIpc) is 3.64. The molecular weight excluding hydrogens is 399 g/mol. The number of halogens is 1. The molecule has 4 rings (SSSR count). The highest BCUT2D eigenvalue weighted by Gasteiger charge is 2.33. The number of pyridine rings is 2. The van der Waals surface area contributed by atoms with Crippen molar-refractivity contribution < 1.29 is 14.0 Å². The van der Waals surface area contributed by atoms with Crippen LogP contribution in [-0.2, 0) is 4.79 Å². The van der Waals surface area contributed by atoms with Gasteiger partial charge in [0.15, 0.2) is 5.82 Å². The van der Waals surface area contributed by atoms with Crippen LogP contribution in [-0.4, -0.2) is 21.8 Å². The maximum atomic E-state index is 13.5. The minimum absolute atomic E-state index is 0.0905. The van der Waals surface area contributed by atoms with Crippen molar-refractivity contribution in [1.82, 2.24) is 9.97 Å². The summed E-state index contributed by atoms with van der Waals surface area (Å²) in [5.74, 6) is 4.69. The van der Waals surface area contributed by atoms with E-state index in [2.05, 4.69) is 15.3 Å². The first-order chi connectivity index (χ1) is 15.0. The van der Waals surface area contributed by atoms with Crippen molar-refractivity contribution in [2.45, 2.75) is 12.8 Å². The number of nitrogens with one attached hydrogen (secondary N) is 1. The van der Waals surface area contributed by atoms with Gasteiger partial charge in [-0.3, -0.25) is 14.6 Å². The summed E-state index contributed by atoms with van der Waals surface area (Å²) >= 11 is 0. The number of nitrogens with two attached hydrogens (primary N) is 1. The number of nitrogens with zero attached hydrogens (tertiary/aromatic N) is 4. The maximum Gasteiger partial charge on any atom is 0.255 e. The third-order valence-electron chi connectivity index (χ3n) is 4.88. The third-order valence-corrected chi connectivity index (χ3v) is 4.88. The Kier molecular flexibility index (Phi) is 5.39. The van der Waals surface area contributed by atoms with E-state index < -0.39 is 11.7 Å². The molecule has 2 aromatic heterocycles. The van der Waals surface area contributed by atoms with Crippen LogP contribution in [0.5, 0.6) is 0 Å². The van der Waals surface area contributed by atoms with E-state index in [-0.39, 0.29) is 28.8 Å². The SMILES string of the molecule is N#Cc1cc(F)ccc1-c1ccncc1NC(=O)c1ccnc(N(N)C(=O)C2CC2)c1. The second-order valence-corrected chi connectivity index (χ2v) is 7.06. The first-order valence-corrected chi connectivity index (χ1v) is 9.48. The minimum Gasteiger partial charge on any atom is -0.320 e. The second-order valence-electron chi connectivity index (χ2n) is 7.06. The standard InChI is InChI=1S/C22H17FN6O2/c23-16-3-4-17(15(9-16)11-24)18-6-7-26-12-19(18)28-21(30)14-5-8-27-20(10-14)29(25)22(31)13-1-2-13/h3-10,12-13H,1-2,25H2,(H,28,30). The molecule has 2 heterocycles. The molecule has 8 nitrogen and oxygen atoms in total. The molecule has 3 N–H and O–H groups in total. The summed E-state index contributed by atoms with van der Waals surface area (Å²) in [7, 11) is 0. The fourth-order valence-electron chi connectivity index (χ4n) is 3.10. The summed E-state index contributed by atoms with van der Waals surface area (Å²) in [5.41, 5.74) is 1.68. The smallest absolute Gasteiger partial charge is 0.255 e. The van der Waals surface area contributed by atoms with Gasteiger partial charge in [-0.05, 0) is 43.2 Å². The number of hydrogen-bond acceptors (Lipinski definition) is 6. The monoisotopic (exact) mass is 416 g/mol. The zero-order valence-electron chi connectivity index (χ0n) is 16.2. The van der Waals surface area contributed by atoms with Crippen LogP contribution >= 0.6 is 0 Å². The predicted octanol–water partition coefficient (Wildman–Crippen LogP) is 3.02. The van der Waals surface area contributed by atoms with E-state index >= 15 is 0 Å². The van der Waals surface area contributed by atoms with Crippen LogP contribution in [0.1, 0.15) is 28.8 Å². The lowest BCUT2D eigenvalue weighted by Crippen LogP contribution is -2.39. The van der Waals surface area contributed by atoms with E-state index in [4.69, 9.17) is 5.84 Å². The van der Waals surface area contributed by atoms with E-state index in [1.54, 1.807) is 6.07 Å². The van der Waals surface area contributed by atoms with Gasteiger partial charge in [-0.15, -0.1) is 0 Å². The Morgan fingerprint density at radius 3 is 2.71 bits per heavy atom. The van der Waals surface area contributed by atoms with Gasteiger partial charge >= 0.3 is 0 Å². The first-order valence-electron chi connectivity index (χ1n) is 9.48. The number of carbonyl (C=O) groups is 2. The summed E-state index contributed by atoms with van der Waals surface area (Å²) in [6.07, 6.45) is 5.93. The van der Waals surface area contributed by atoms with Gasteiger partial charge in [0.25, 0.3) is 5.91 Å². The van der Waals surface area contributed by atoms with Crippen LogP contribution in [0, 0.1) is 23.1 Å². The maximum absolute atomic E-state index is 13.5. The fraction of sp³-hybridized carbons (Fsp3) is 0.136. The van der Waals surface area contributed by atoms with Gasteiger partial charge in [-0.25, -0.2) is 20.2 Å². The van der Waals surface area contributed by atoms with Gasteiger partial charge < -0.3 is 5.32 Å². The summed E-state index contributed by atoms with van der Waals surface area (Å²) in [6, 6.07) is 10.3. The van der Waals surface area contributed by atoms with Gasteiger partial charge in [0.2, 0.25) is 5.91 Å². The van der Waals surface area contributed by atoms with Crippen molar-refractivity contribution in [2.24, 2.45) is 11.8 Å². The second kappa shape index (κ2) is 8.30. The summed E-state index contributed by atoms with van der Waals surface area (Å²) < 4.78 is 13.5. The molecule has 0 bridgehead atoms. The van der Waals surface area contributed by atoms with Crippen LogP contribution in [0.25, 0.3) is 11.1 Å². The lowest BCUT2D eigenvalue weighted by atomic mass is 9.99. The number of benzene rings is 1. The largest absolute Gasteiger partial charge is 0.320 e. The Hall–Kier alpha value is -4.16. The van der Waals surface area contributed by atoms with E-state index in [1.165, 1.54) is 42.9 Å². The van der Waals surface area contributed by atoms with E-state index in [0.29, 0.717) is 16.8 Å². The van der Waals surface area contributed by atoms with E-state index in [0.717, 1.165) is 23.9 Å². The van der Waals surface area contributed by atoms with Crippen LogP contribution in [0.3, 0.4) is 0 Å². The van der Waals surface area contributed by atoms with Crippen LogP contribution in [0.15, 0.2) is 55.0 Å². The first kappa shape index (κ1) is 20.1. The van der Waals surface area contributed by atoms with Crippen molar-refractivity contribution in [2.75, 3.05) is 10.3 Å². The Labute approximate surface area is 177 Å². The number of amides is 2. The molecule has 31 heavy (non-hydrogen) atoms. The van der Waals surface area contributed by atoms with E-state index in [9.17, 15) is 19.2 Å². The lowest BCUT2D eigenvalue weighted by Gasteiger charge is -2.16. The summed E-state index contributed by atoms with van der Waals surface area (Å²) in [5, 5.41) is 13.1. The topological polar surface area (TPSA) is 125 Å². The van der Waals surface area contributed by atoms with Crippen LogP contribution in [0.2, 0.25) is 0 Å². The Bertz CT molecular complexity index is 1220. The van der Waals surface area contributed by atoms with Gasteiger partial charge in [0.05, 0.1) is 23.5 Å². The molecule has 1 fully saturated rings. The normalized spacial score (nSPS) is 12.7. The zero-order valence-corrected chi connectivity index (χ0v) is 16.2. The van der Waals surface area contributed by atoms with Gasteiger partial charge in [0, 0.05) is 35.0 Å². The molecule has 3 aromatic rings. The molecule has 1 aliphatic rings. The highest BCUT2D eigenvalue weighted by atomic mass is 19.1. The van der Waals surface area contributed by atoms with Gasteiger partial charge in [-0.2, -0.15) is 5.26 Å². The highest BCUT2D eigenvalue weighted by Crippen LogP contribution is 2.32. The molecule has 1 saturated carbocycles. The van der Waals surface area contributed by atoms with Crippen molar-refractivity contribution in [3.63, 3.8) is 0 Å². The number of anilines is 2. The van der Waals surface area contributed by atoms with Gasteiger partial charge in [0.1, 0.15) is 5.82 Å². The number of hydrazine groups is 1. The van der Waals surface area contributed by atoms with Crippen molar-refractivity contribution in [3.05, 3.63) is 71.9 Å². The number of carbonyl (C=O) groups excluding carboxylic acids is 2. The molecule has 154 valence electrons. The lowest BCUT2D eigenvalue weighted by molar-refractivity contribution is -0.119. The molecule has 9 heteroatoms. The quantitative estimate of drug-likeness (QED) is 0.374. The fourth-order valence-corrected chi connectivity index (χ4v) is 3.10. The molecule has 0 radical (unpaired) electrons. The Morgan fingerprint density at radius 2 is 1.97 bits per heavy atom. The van der Waals surface area contributed by atoms with Crippen LogP contribution in [0.4, 0.5) is 15.9 Å². The minimum atomic E-state index is -0.531. The Morgan fingerprint density at radius 1 is 1.16 bits per heavy atom. The molecule has 0 saturated heterocycles. The average molecular weight is 416 g/mol. The number of aromatic nitrogens is 2. The van der Waals surface area contributed by atoms with Crippen molar-refractivity contribution in [1.29, 1.82) is 5.26 Å². The summed E-state index contributed by atoms with van der Waals surface area (Å²) in [4.78, 5) is 33.1. The molecule has 0 unspecified atom stereocenters. The Balaban J connectivity index is 1.61. The zero-order chi connectivity index (χ0) is 22.0. The van der Waals surface area contributed by atoms with Crippen LogP contribution < -0.4 is 16.2 Å². The van der Waals surface area contributed by atoms with Crippen molar-refractivity contribution in [3.8, 4) is 17.2 Å². The predicted molar refractivity (Wildman–Crippen MR) is 111 cm³/mol. The van der Waals surface area contributed by atoms with E-state index in [1.807, 2.05) is 6.07 Å². The number of rotatable bonds is 5. The van der Waals surface area contributed by atoms with Crippen molar-refractivity contribution >= 4 is 23.3 Å². The molecular formula is C22H17FN6O2. The highest BCUT2D eigenvalue weighted by molar-refractivity contribution is 6.07. The third kappa shape index (κ3) is 4.24. The molecule has 1 aromatic carbocycles. The molecule has 0 spiro atoms. The number of nitriles is 1. The summed E-state index contributed by atoms with van der Waals surface area (Å²) in [6.45, 7) is 0. The molecule has 0 atom stereocenters. The number of hydrogen-bond donors (Lipinski definition) is 2. The molecule has 0 aliphatic heterocycles. The van der Waals surface area contributed by atoms with Gasteiger partial charge in [-0.1, -0.05) is 6.07 Å². The molecule has 1 aliphatic carbocycles.